The van der Waals surface area contributed by atoms with Crippen LogP contribution in [0.25, 0.3) is 11.1 Å². The van der Waals surface area contributed by atoms with E-state index in [0.717, 1.165) is 6.07 Å². The Hall–Kier alpha value is -2.11. The van der Waals surface area contributed by atoms with Crippen molar-refractivity contribution in [1.29, 1.82) is 0 Å². The summed E-state index contributed by atoms with van der Waals surface area (Å²) in [6.45, 7) is -0.384. The van der Waals surface area contributed by atoms with Crippen molar-refractivity contribution in [2.75, 3.05) is 6.61 Å². The van der Waals surface area contributed by atoms with Crippen LogP contribution in [0.4, 0.5) is 0 Å². The van der Waals surface area contributed by atoms with Crippen LogP contribution in [0.3, 0.4) is 0 Å². The van der Waals surface area contributed by atoms with Crippen molar-refractivity contribution >= 4 is 25.8 Å². The van der Waals surface area contributed by atoms with E-state index >= 15 is 0 Å². The molecule has 10 heteroatoms. The second-order valence-electron chi connectivity index (χ2n) is 5.56. The van der Waals surface area contributed by atoms with Gasteiger partial charge in [0, 0.05) is 17.7 Å². The van der Waals surface area contributed by atoms with Crippen LogP contribution >= 0.6 is 0 Å². The highest BCUT2D eigenvalue weighted by Crippen LogP contribution is 2.41. The molecule has 132 valence electrons. The van der Waals surface area contributed by atoms with Crippen LogP contribution in [0.2, 0.25) is 0 Å². The molecule has 0 fully saturated rings. The molecular formula is C15H14N2O6S2. The molecule has 0 heterocycles. The number of rotatable bonds is 4. The average molecular weight is 382 g/mol. The summed E-state index contributed by atoms with van der Waals surface area (Å²) in [5.74, 6) is -0.538. The summed E-state index contributed by atoms with van der Waals surface area (Å²) >= 11 is 0. The van der Waals surface area contributed by atoms with Crippen molar-refractivity contribution in [3.8, 4) is 11.1 Å². The van der Waals surface area contributed by atoms with Gasteiger partial charge < -0.3 is 5.11 Å². The van der Waals surface area contributed by atoms with E-state index in [2.05, 4.69) is 0 Å². The molecular weight excluding hydrogens is 368 g/mol. The smallest absolute Gasteiger partial charge is 0.238 e. The molecule has 0 amide bonds. The summed E-state index contributed by atoms with van der Waals surface area (Å²) in [5.41, 5.74) is 1.24. The van der Waals surface area contributed by atoms with Crippen molar-refractivity contribution in [2.45, 2.75) is 16.2 Å². The molecule has 0 bridgehead atoms. The molecule has 2 aromatic rings. The van der Waals surface area contributed by atoms with Gasteiger partial charge in [-0.05, 0) is 41.3 Å². The number of ketones is 1. The predicted molar refractivity (Wildman–Crippen MR) is 88.8 cm³/mol. The van der Waals surface area contributed by atoms with Crippen molar-refractivity contribution in [3.05, 3.63) is 47.0 Å². The van der Waals surface area contributed by atoms with Crippen molar-refractivity contribution in [1.82, 2.24) is 0 Å². The van der Waals surface area contributed by atoms with E-state index < -0.39 is 25.8 Å². The molecule has 0 aliphatic heterocycles. The number of benzene rings is 2. The van der Waals surface area contributed by atoms with E-state index in [-0.39, 0.29) is 39.5 Å². The van der Waals surface area contributed by atoms with Gasteiger partial charge in [0.15, 0.2) is 5.78 Å². The normalized spacial score (nSPS) is 13.6. The van der Waals surface area contributed by atoms with Gasteiger partial charge in [-0.3, -0.25) is 4.79 Å². The van der Waals surface area contributed by atoms with Gasteiger partial charge >= 0.3 is 0 Å². The first-order chi connectivity index (χ1) is 11.6. The Morgan fingerprint density at radius 2 is 1.52 bits per heavy atom. The highest BCUT2D eigenvalue weighted by molar-refractivity contribution is 7.89. The number of carbonyl (C=O) groups excluding carboxylic acids is 1. The molecule has 0 saturated carbocycles. The maximum Gasteiger partial charge on any atom is 0.238 e. The number of nitrogens with two attached hydrogens (primary N) is 2. The number of fused-ring (bicyclic) bond motifs is 3. The number of hydrogen-bond donors (Lipinski definition) is 3. The zero-order valence-electron chi connectivity index (χ0n) is 12.8. The fourth-order valence-corrected chi connectivity index (χ4v) is 4.34. The molecule has 1 aliphatic carbocycles. The number of aliphatic hydroxyl groups is 1. The number of hydrogen-bond acceptors (Lipinski definition) is 6. The van der Waals surface area contributed by atoms with E-state index in [1.165, 1.54) is 24.3 Å². The molecule has 1 aliphatic rings. The molecule has 3 rings (SSSR count). The third-order valence-electron chi connectivity index (χ3n) is 4.02. The monoisotopic (exact) mass is 382 g/mol. The lowest BCUT2D eigenvalue weighted by Gasteiger charge is -2.11. The second kappa shape index (κ2) is 5.71. The molecule has 0 atom stereocenters. The predicted octanol–water partition coefficient (Wildman–Crippen LogP) is -0.272. The van der Waals surface area contributed by atoms with E-state index in [0.29, 0.717) is 11.1 Å². The standard InChI is InChI=1S/C15H14N2O6S2/c16-24(20,21)8-1-2-9-10-3-4-13(25(17,22)23)11(5-6-18)14(10)15(19)12(9)7-8/h1-4,7,18H,5-6H2,(H2,16,20,21)(H2,17,22,23). The lowest BCUT2D eigenvalue weighted by Crippen LogP contribution is -2.17. The highest BCUT2D eigenvalue weighted by Gasteiger charge is 2.33. The molecule has 0 spiro atoms. The first kappa shape index (κ1) is 17.7. The van der Waals surface area contributed by atoms with E-state index in [1.807, 2.05) is 0 Å². The minimum atomic E-state index is -4.10. The van der Waals surface area contributed by atoms with Crippen molar-refractivity contribution < 1.29 is 26.7 Å². The number of carbonyl (C=O) groups is 1. The topological polar surface area (TPSA) is 158 Å². The molecule has 0 saturated heterocycles. The zero-order valence-corrected chi connectivity index (χ0v) is 14.4. The number of aliphatic hydroxyl groups excluding tert-OH is 1. The van der Waals surface area contributed by atoms with Gasteiger partial charge in [-0.25, -0.2) is 27.1 Å². The maximum atomic E-state index is 12.8. The third-order valence-corrected chi connectivity index (χ3v) is 5.93. The highest BCUT2D eigenvalue weighted by atomic mass is 32.2. The molecule has 2 aromatic carbocycles. The van der Waals surface area contributed by atoms with E-state index in [4.69, 9.17) is 10.3 Å². The molecule has 8 nitrogen and oxygen atoms in total. The van der Waals surface area contributed by atoms with Gasteiger partial charge in [0.1, 0.15) is 0 Å². The van der Waals surface area contributed by atoms with Crippen LogP contribution in [0.15, 0.2) is 40.1 Å². The minimum Gasteiger partial charge on any atom is -0.396 e. The van der Waals surface area contributed by atoms with Gasteiger partial charge in [0.25, 0.3) is 0 Å². The third kappa shape index (κ3) is 2.87. The fourth-order valence-electron chi connectivity index (χ4n) is 3.00. The fraction of sp³-hybridized carbons (Fsp3) is 0.133. The first-order valence-electron chi connectivity index (χ1n) is 7.07. The van der Waals surface area contributed by atoms with Gasteiger partial charge in [0.2, 0.25) is 20.0 Å². The van der Waals surface area contributed by atoms with Crippen LogP contribution in [0, 0.1) is 0 Å². The summed E-state index contributed by atoms with van der Waals surface area (Å²) in [5, 5.41) is 19.5. The summed E-state index contributed by atoms with van der Waals surface area (Å²) < 4.78 is 46.6. The van der Waals surface area contributed by atoms with Gasteiger partial charge in [-0.1, -0.05) is 12.1 Å². The Balaban J connectivity index is 2.32. The zero-order chi connectivity index (χ0) is 18.6. The van der Waals surface area contributed by atoms with Crippen LogP contribution in [0.5, 0.6) is 0 Å². The van der Waals surface area contributed by atoms with Crippen LogP contribution in [-0.4, -0.2) is 34.3 Å². The van der Waals surface area contributed by atoms with Crippen LogP contribution in [-0.2, 0) is 26.5 Å². The van der Waals surface area contributed by atoms with Gasteiger partial charge in [-0.2, -0.15) is 0 Å². The van der Waals surface area contributed by atoms with Gasteiger partial charge in [-0.15, -0.1) is 0 Å². The summed E-state index contributed by atoms with van der Waals surface area (Å²) in [4.78, 5) is 12.3. The number of sulfonamides is 2. The van der Waals surface area contributed by atoms with Crippen LogP contribution in [0.1, 0.15) is 21.5 Å². The molecule has 0 radical (unpaired) electrons. The molecule has 0 unspecified atom stereocenters. The molecule has 0 aromatic heterocycles. The van der Waals surface area contributed by atoms with Crippen molar-refractivity contribution in [3.63, 3.8) is 0 Å². The molecule has 5 N–H and O–H groups in total. The Morgan fingerprint density at radius 1 is 0.880 bits per heavy atom. The van der Waals surface area contributed by atoms with Gasteiger partial charge in [0.05, 0.1) is 9.79 Å². The maximum absolute atomic E-state index is 12.8. The second-order valence-corrected chi connectivity index (χ2v) is 8.66. The van der Waals surface area contributed by atoms with Crippen LogP contribution < -0.4 is 10.3 Å². The molecule has 25 heavy (non-hydrogen) atoms. The minimum absolute atomic E-state index is 0.0866. The number of primary sulfonamides is 2. The van der Waals surface area contributed by atoms with E-state index in [9.17, 15) is 26.7 Å². The largest absolute Gasteiger partial charge is 0.396 e. The van der Waals surface area contributed by atoms with Crippen molar-refractivity contribution in [2.24, 2.45) is 10.3 Å². The SMILES string of the molecule is NS(=O)(=O)c1ccc2c(c1)C(=O)c1c-2ccc(S(N)(=O)=O)c1CCO. The summed E-state index contributed by atoms with van der Waals surface area (Å²) in [6.07, 6.45) is -0.0866. The Bertz CT molecular complexity index is 1120. The summed E-state index contributed by atoms with van der Waals surface area (Å²) in [7, 11) is -8.09. The van der Waals surface area contributed by atoms with E-state index in [1.54, 1.807) is 0 Å². The Morgan fingerprint density at radius 3 is 2.08 bits per heavy atom. The lowest BCUT2D eigenvalue weighted by atomic mass is 9.99. The Labute approximate surface area is 144 Å². The Kier molecular flexibility index (Phi) is 4.05. The lowest BCUT2D eigenvalue weighted by molar-refractivity contribution is 0.104. The first-order valence-corrected chi connectivity index (χ1v) is 10.2. The quantitative estimate of drug-likeness (QED) is 0.563. The summed E-state index contributed by atoms with van der Waals surface area (Å²) in [6, 6.07) is 6.59. The average Bonchev–Trinajstić information content (AvgIpc) is 2.79.